The van der Waals surface area contributed by atoms with Gasteiger partial charge in [-0.3, -0.25) is 4.79 Å². The van der Waals surface area contributed by atoms with Crippen LogP contribution in [0.25, 0.3) is 22.2 Å². The molecular weight excluding hydrogens is 258 g/mol. The number of aromatic nitrogens is 1. The second-order valence-corrected chi connectivity index (χ2v) is 5.83. The molecule has 0 aliphatic rings. The van der Waals surface area contributed by atoms with Crippen LogP contribution in [0.15, 0.2) is 30.3 Å². The molecule has 0 radical (unpaired) electrons. The predicted molar refractivity (Wildman–Crippen MR) is 88.1 cm³/mol. The molecule has 2 heteroatoms. The van der Waals surface area contributed by atoms with Crippen LogP contribution in [0.1, 0.15) is 32.6 Å². The Kier molecular flexibility index (Phi) is 3.17. The lowest BCUT2D eigenvalue weighted by Crippen LogP contribution is -1.88. The van der Waals surface area contributed by atoms with Crippen LogP contribution in [0.2, 0.25) is 0 Å². The van der Waals surface area contributed by atoms with Gasteiger partial charge in [-0.05, 0) is 67.6 Å². The predicted octanol–water partition coefficient (Wildman–Crippen LogP) is 4.88. The number of aryl methyl sites for hydroxylation is 4. The van der Waals surface area contributed by atoms with E-state index in [1.54, 1.807) is 0 Å². The zero-order chi connectivity index (χ0) is 15.1. The summed E-state index contributed by atoms with van der Waals surface area (Å²) in [6.45, 7) is 8.32. The molecule has 0 amide bonds. The molecule has 106 valence electrons. The van der Waals surface area contributed by atoms with Crippen molar-refractivity contribution in [3.05, 3.63) is 58.1 Å². The molecule has 0 aliphatic heterocycles. The maximum absolute atomic E-state index is 11.6. The number of carbonyl (C=O) groups is 1. The summed E-state index contributed by atoms with van der Waals surface area (Å²) in [5.41, 5.74) is 8.59. The number of rotatable bonds is 2. The minimum atomic E-state index is 0.755. The fraction of sp³-hybridized carbons (Fsp3) is 0.211. The molecule has 0 spiro atoms. The molecule has 3 rings (SSSR count). The van der Waals surface area contributed by atoms with Gasteiger partial charge in [0.25, 0.3) is 0 Å². The van der Waals surface area contributed by atoms with Crippen molar-refractivity contribution in [2.45, 2.75) is 27.7 Å². The Balaban J connectivity index is 2.34. The van der Waals surface area contributed by atoms with Crippen LogP contribution in [0.3, 0.4) is 0 Å². The number of nitrogens with one attached hydrogen (secondary N) is 1. The summed E-state index contributed by atoms with van der Waals surface area (Å²) in [4.78, 5) is 15.1. The molecule has 2 nitrogen and oxygen atoms in total. The van der Waals surface area contributed by atoms with Gasteiger partial charge in [-0.25, -0.2) is 0 Å². The highest BCUT2D eigenvalue weighted by Crippen LogP contribution is 2.32. The Morgan fingerprint density at radius 2 is 1.67 bits per heavy atom. The van der Waals surface area contributed by atoms with Gasteiger partial charge in [-0.2, -0.15) is 0 Å². The zero-order valence-electron chi connectivity index (χ0n) is 12.9. The Labute approximate surface area is 124 Å². The Morgan fingerprint density at radius 1 is 0.905 bits per heavy atom. The van der Waals surface area contributed by atoms with Crippen molar-refractivity contribution in [1.82, 2.24) is 4.98 Å². The van der Waals surface area contributed by atoms with E-state index in [9.17, 15) is 4.79 Å². The molecule has 21 heavy (non-hydrogen) atoms. The first kappa shape index (κ1) is 13.6. The minimum Gasteiger partial charge on any atom is -0.354 e. The number of hydrogen-bond acceptors (Lipinski definition) is 1. The van der Waals surface area contributed by atoms with Gasteiger partial charge >= 0.3 is 0 Å². The summed E-state index contributed by atoms with van der Waals surface area (Å²) in [5, 5.41) is 1.03. The monoisotopic (exact) mass is 277 g/mol. The third-order valence-electron chi connectivity index (χ3n) is 4.19. The van der Waals surface area contributed by atoms with Gasteiger partial charge in [0.15, 0.2) is 6.29 Å². The average molecular weight is 277 g/mol. The molecule has 1 N–H and O–H groups in total. The number of fused-ring (bicyclic) bond motifs is 1. The molecule has 1 heterocycles. The zero-order valence-corrected chi connectivity index (χ0v) is 12.9. The highest BCUT2D eigenvalue weighted by atomic mass is 16.1. The van der Waals surface area contributed by atoms with Crippen LogP contribution in [0.5, 0.6) is 0 Å². The van der Waals surface area contributed by atoms with Crippen LogP contribution >= 0.6 is 0 Å². The molecule has 1 aromatic heterocycles. The SMILES string of the molecule is Cc1cc(C)c2c(C=O)c(-c3ccc(C)c(C)c3)[nH]c2c1. The van der Waals surface area contributed by atoms with E-state index in [4.69, 9.17) is 0 Å². The van der Waals surface area contributed by atoms with Crippen LogP contribution in [-0.2, 0) is 0 Å². The topological polar surface area (TPSA) is 32.9 Å². The van der Waals surface area contributed by atoms with Gasteiger partial charge in [0.2, 0.25) is 0 Å². The van der Waals surface area contributed by atoms with Crippen molar-refractivity contribution in [1.29, 1.82) is 0 Å². The number of aldehydes is 1. The van der Waals surface area contributed by atoms with Gasteiger partial charge in [-0.15, -0.1) is 0 Å². The van der Waals surface area contributed by atoms with E-state index in [1.807, 2.05) is 0 Å². The van der Waals surface area contributed by atoms with Gasteiger partial charge in [-0.1, -0.05) is 18.2 Å². The first-order chi connectivity index (χ1) is 10.0. The van der Waals surface area contributed by atoms with E-state index in [0.717, 1.165) is 39.6 Å². The fourth-order valence-corrected chi connectivity index (χ4v) is 2.99. The molecule has 0 unspecified atom stereocenters. The van der Waals surface area contributed by atoms with Gasteiger partial charge in [0, 0.05) is 16.5 Å². The van der Waals surface area contributed by atoms with Crippen molar-refractivity contribution in [2.75, 3.05) is 0 Å². The molecule has 0 bridgehead atoms. The quantitative estimate of drug-likeness (QED) is 0.665. The van der Waals surface area contributed by atoms with Gasteiger partial charge < -0.3 is 4.98 Å². The van der Waals surface area contributed by atoms with Crippen molar-refractivity contribution in [3.63, 3.8) is 0 Å². The fourth-order valence-electron chi connectivity index (χ4n) is 2.99. The first-order valence-corrected chi connectivity index (χ1v) is 7.17. The summed E-state index contributed by atoms with van der Waals surface area (Å²) in [5.74, 6) is 0. The number of aromatic amines is 1. The van der Waals surface area contributed by atoms with Crippen molar-refractivity contribution >= 4 is 17.2 Å². The smallest absolute Gasteiger partial charge is 0.152 e. The first-order valence-electron chi connectivity index (χ1n) is 7.17. The second-order valence-electron chi connectivity index (χ2n) is 5.83. The number of carbonyl (C=O) groups excluding carboxylic acids is 1. The van der Waals surface area contributed by atoms with Crippen LogP contribution in [0, 0.1) is 27.7 Å². The molecule has 0 fully saturated rings. The largest absolute Gasteiger partial charge is 0.354 e. The third-order valence-corrected chi connectivity index (χ3v) is 4.19. The van der Waals surface area contributed by atoms with E-state index in [-0.39, 0.29) is 0 Å². The molecule has 0 saturated heterocycles. The highest BCUT2D eigenvalue weighted by Gasteiger charge is 2.15. The number of H-pyrrole nitrogens is 1. The minimum absolute atomic E-state index is 0.755. The van der Waals surface area contributed by atoms with Crippen molar-refractivity contribution in [3.8, 4) is 11.3 Å². The molecule has 0 aliphatic carbocycles. The van der Waals surface area contributed by atoms with Crippen LogP contribution in [0.4, 0.5) is 0 Å². The van der Waals surface area contributed by atoms with Gasteiger partial charge in [0.1, 0.15) is 0 Å². The summed E-state index contributed by atoms with van der Waals surface area (Å²) in [6, 6.07) is 10.5. The average Bonchev–Trinajstić information content (AvgIpc) is 2.80. The molecule has 0 saturated carbocycles. The maximum atomic E-state index is 11.6. The Hall–Kier alpha value is -2.35. The third kappa shape index (κ3) is 2.17. The van der Waals surface area contributed by atoms with Crippen LogP contribution < -0.4 is 0 Å². The number of benzene rings is 2. The summed E-state index contributed by atoms with van der Waals surface area (Å²) in [6.07, 6.45) is 0.964. The van der Waals surface area contributed by atoms with E-state index in [0.29, 0.717) is 0 Å². The standard InChI is InChI=1S/C19H19NO/c1-11-7-14(4)18-16(10-21)19(20-17(18)8-11)15-6-5-12(2)13(3)9-15/h5-10,20H,1-4H3. The van der Waals surface area contributed by atoms with E-state index < -0.39 is 0 Å². The molecular formula is C19H19NO. The summed E-state index contributed by atoms with van der Waals surface area (Å²) in [7, 11) is 0. The summed E-state index contributed by atoms with van der Waals surface area (Å²) < 4.78 is 0. The lowest BCUT2D eigenvalue weighted by molar-refractivity contribution is 0.112. The molecule has 3 aromatic rings. The second kappa shape index (κ2) is 4.88. The van der Waals surface area contributed by atoms with E-state index in [2.05, 4.69) is 63.0 Å². The lowest BCUT2D eigenvalue weighted by atomic mass is 9.99. The van der Waals surface area contributed by atoms with E-state index >= 15 is 0 Å². The maximum Gasteiger partial charge on any atom is 0.152 e. The summed E-state index contributed by atoms with van der Waals surface area (Å²) >= 11 is 0. The molecule has 2 aromatic carbocycles. The van der Waals surface area contributed by atoms with Crippen molar-refractivity contribution < 1.29 is 4.79 Å². The number of hydrogen-bond donors (Lipinski definition) is 1. The van der Waals surface area contributed by atoms with Crippen LogP contribution in [-0.4, -0.2) is 11.3 Å². The lowest BCUT2D eigenvalue weighted by Gasteiger charge is -2.04. The van der Waals surface area contributed by atoms with Gasteiger partial charge in [0.05, 0.1) is 5.69 Å². The molecule has 0 atom stereocenters. The Morgan fingerprint density at radius 3 is 2.33 bits per heavy atom. The Bertz CT molecular complexity index is 856. The highest BCUT2D eigenvalue weighted by molar-refractivity contribution is 6.06. The normalized spacial score (nSPS) is 11.0. The van der Waals surface area contributed by atoms with Crippen molar-refractivity contribution in [2.24, 2.45) is 0 Å². The van der Waals surface area contributed by atoms with E-state index in [1.165, 1.54) is 16.7 Å².